The summed E-state index contributed by atoms with van der Waals surface area (Å²) in [7, 11) is 0. The minimum absolute atomic E-state index is 0.331. The van der Waals surface area contributed by atoms with Gasteiger partial charge in [0.25, 0.3) is 0 Å². The normalized spacial score (nSPS) is 10.9. The Hall–Kier alpha value is -3.47. The average Bonchev–Trinajstić information content (AvgIpc) is 2.69. The predicted molar refractivity (Wildman–Crippen MR) is 108 cm³/mol. The van der Waals surface area contributed by atoms with Crippen LogP contribution in [-0.4, -0.2) is 9.97 Å². The van der Waals surface area contributed by atoms with Crippen molar-refractivity contribution in [3.63, 3.8) is 0 Å². The maximum atomic E-state index is 13.6. The third-order valence-corrected chi connectivity index (χ3v) is 4.75. The van der Waals surface area contributed by atoms with E-state index in [-0.39, 0.29) is 17.5 Å². The summed E-state index contributed by atoms with van der Waals surface area (Å²) in [4.78, 5) is 9.57. The Balaban J connectivity index is 1.98. The van der Waals surface area contributed by atoms with Crippen LogP contribution in [0.5, 0.6) is 0 Å². The zero-order chi connectivity index (χ0) is 20.5. The van der Waals surface area contributed by atoms with Crippen molar-refractivity contribution in [3.05, 3.63) is 95.4 Å². The van der Waals surface area contributed by atoms with Crippen molar-refractivity contribution in [2.75, 3.05) is 0 Å². The van der Waals surface area contributed by atoms with Crippen molar-refractivity contribution >= 4 is 0 Å². The Morgan fingerprint density at radius 1 is 0.552 bits per heavy atom. The van der Waals surface area contributed by atoms with Crippen LogP contribution < -0.4 is 0 Å². The van der Waals surface area contributed by atoms with Gasteiger partial charge in [0.15, 0.2) is 0 Å². The van der Waals surface area contributed by atoms with Crippen molar-refractivity contribution in [3.8, 4) is 33.8 Å². The molecule has 0 saturated carbocycles. The number of benzene rings is 3. The largest absolute Gasteiger partial charge is 0.249 e. The van der Waals surface area contributed by atoms with Crippen molar-refractivity contribution in [2.24, 2.45) is 0 Å². The number of hydrogen-bond acceptors (Lipinski definition) is 2. The SMILES string of the molecule is Cc1cc(F)ccc1-c1nc(C)c(-c2ccc(F)cc2)nc1-c1ccc(F)cc1. The van der Waals surface area contributed by atoms with E-state index in [2.05, 4.69) is 0 Å². The summed E-state index contributed by atoms with van der Waals surface area (Å²) in [6, 6.07) is 16.5. The fourth-order valence-electron chi connectivity index (χ4n) is 3.29. The number of nitrogens with zero attached hydrogens (tertiary/aromatic N) is 2. The molecular weight excluding hydrogens is 373 g/mol. The molecule has 4 rings (SSSR count). The Morgan fingerprint density at radius 3 is 1.62 bits per heavy atom. The van der Waals surface area contributed by atoms with Crippen molar-refractivity contribution in [1.82, 2.24) is 9.97 Å². The highest BCUT2D eigenvalue weighted by Gasteiger charge is 2.18. The lowest BCUT2D eigenvalue weighted by atomic mass is 9.99. The van der Waals surface area contributed by atoms with Gasteiger partial charge in [-0.15, -0.1) is 0 Å². The lowest BCUT2D eigenvalue weighted by molar-refractivity contribution is 0.626. The van der Waals surface area contributed by atoms with Gasteiger partial charge in [-0.3, -0.25) is 0 Å². The molecule has 3 aromatic carbocycles. The quantitative estimate of drug-likeness (QED) is 0.398. The fraction of sp³-hybridized carbons (Fsp3) is 0.0833. The van der Waals surface area contributed by atoms with E-state index in [4.69, 9.17) is 9.97 Å². The predicted octanol–water partition coefficient (Wildman–Crippen LogP) is 6.51. The van der Waals surface area contributed by atoms with E-state index in [0.717, 1.165) is 16.7 Å². The fourth-order valence-corrected chi connectivity index (χ4v) is 3.29. The summed E-state index contributed by atoms with van der Waals surface area (Å²) in [6.07, 6.45) is 0. The highest BCUT2D eigenvalue weighted by molar-refractivity contribution is 5.81. The van der Waals surface area contributed by atoms with Gasteiger partial charge in [-0.1, -0.05) is 0 Å². The van der Waals surface area contributed by atoms with E-state index in [1.807, 2.05) is 6.92 Å². The molecule has 0 aliphatic heterocycles. The number of aryl methyl sites for hydroxylation is 2. The maximum absolute atomic E-state index is 13.6. The van der Waals surface area contributed by atoms with Crippen molar-refractivity contribution in [2.45, 2.75) is 13.8 Å². The molecule has 0 fully saturated rings. The Kier molecular flexibility index (Phi) is 4.89. The number of halogens is 3. The molecule has 1 aromatic heterocycles. The molecule has 5 heteroatoms. The van der Waals surface area contributed by atoms with Crippen LogP contribution in [0.15, 0.2) is 66.7 Å². The van der Waals surface area contributed by atoms with Gasteiger partial charge >= 0.3 is 0 Å². The Morgan fingerprint density at radius 2 is 1.07 bits per heavy atom. The van der Waals surface area contributed by atoms with Crippen LogP contribution in [0.2, 0.25) is 0 Å². The molecule has 0 N–H and O–H groups in total. The number of aromatic nitrogens is 2. The monoisotopic (exact) mass is 390 g/mol. The van der Waals surface area contributed by atoms with Crippen LogP contribution in [0.1, 0.15) is 11.3 Å². The van der Waals surface area contributed by atoms with Gasteiger partial charge < -0.3 is 0 Å². The first-order valence-electron chi connectivity index (χ1n) is 9.09. The summed E-state index contributed by atoms with van der Waals surface area (Å²) in [6.45, 7) is 3.63. The second kappa shape index (κ2) is 7.51. The molecule has 0 bridgehead atoms. The summed E-state index contributed by atoms with van der Waals surface area (Å²) in [5.74, 6) is -1.02. The molecule has 0 saturated heterocycles. The molecule has 0 aliphatic rings. The molecule has 0 atom stereocenters. The summed E-state index contributed by atoms with van der Waals surface area (Å²) in [5.41, 5.74) is 5.25. The first-order valence-corrected chi connectivity index (χ1v) is 9.09. The topological polar surface area (TPSA) is 25.8 Å². The number of rotatable bonds is 3. The second-order valence-corrected chi connectivity index (χ2v) is 6.83. The van der Waals surface area contributed by atoms with Crippen LogP contribution in [-0.2, 0) is 0 Å². The van der Waals surface area contributed by atoms with Crippen LogP contribution in [0.25, 0.3) is 33.8 Å². The van der Waals surface area contributed by atoms with E-state index in [0.29, 0.717) is 28.3 Å². The molecule has 0 spiro atoms. The second-order valence-electron chi connectivity index (χ2n) is 6.83. The van der Waals surface area contributed by atoms with Gasteiger partial charge in [-0.2, -0.15) is 0 Å². The van der Waals surface area contributed by atoms with Crippen LogP contribution in [0.4, 0.5) is 13.2 Å². The van der Waals surface area contributed by atoms with Crippen LogP contribution in [0, 0.1) is 31.3 Å². The van der Waals surface area contributed by atoms with E-state index in [1.54, 1.807) is 37.3 Å². The number of hydrogen-bond donors (Lipinski definition) is 0. The zero-order valence-electron chi connectivity index (χ0n) is 15.9. The molecular formula is C24H17F3N2. The maximum Gasteiger partial charge on any atom is 0.123 e. The molecule has 2 nitrogen and oxygen atoms in total. The highest BCUT2D eigenvalue weighted by atomic mass is 19.1. The molecule has 29 heavy (non-hydrogen) atoms. The highest BCUT2D eigenvalue weighted by Crippen LogP contribution is 2.34. The lowest BCUT2D eigenvalue weighted by Gasteiger charge is -2.15. The third kappa shape index (κ3) is 3.76. The van der Waals surface area contributed by atoms with Gasteiger partial charge in [0.2, 0.25) is 0 Å². The van der Waals surface area contributed by atoms with E-state index < -0.39 is 0 Å². The molecule has 4 aromatic rings. The molecule has 0 unspecified atom stereocenters. The first-order chi connectivity index (χ1) is 13.9. The van der Waals surface area contributed by atoms with Gasteiger partial charge in [0.05, 0.1) is 22.8 Å². The zero-order valence-corrected chi connectivity index (χ0v) is 15.9. The van der Waals surface area contributed by atoms with Gasteiger partial charge in [-0.05, 0) is 86.1 Å². The summed E-state index contributed by atoms with van der Waals surface area (Å²) >= 11 is 0. The van der Waals surface area contributed by atoms with E-state index in [9.17, 15) is 13.2 Å². The molecule has 144 valence electrons. The van der Waals surface area contributed by atoms with E-state index in [1.165, 1.54) is 36.4 Å². The van der Waals surface area contributed by atoms with Gasteiger partial charge in [0.1, 0.15) is 17.5 Å². The lowest BCUT2D eigenvalue weighted by Crippen LogP contribution is -2.01. The van der Waals surface area contributed by atoms with E-state index >= 15 is 0 Å². The molecule has 1 heterocycles. The first kappa shape index (κ1) is 18.9. The van der Waals surface area contributed by atoms with Gasteiger partial charge in [0, 0.05) is 16.7 Å². The molecule has 0 amide bonds. The van der Waals surface area contributed by atoms with Crippen LogP contribution >= 0.6 is 0 Å². The van der Waals surface area contributed by atoms with Gasteiger partial charge in [-0.25, -0.2) is 23.1 Å². The van der Waals surface area contributed by atoms with Crippen molar-refractivity contribution in [1.29, 1.82) is 0 Å². The molecule has 0 radical (unpaired) electrons. The summed E-state index contributed by atoms with van der Waals surface area (Å²) in [5, 5.41) is 0. The summed E-state index contributed by atoms with van der Waals surface area (Å²) < 4.78 is 40.4. The molecule has 0 aliphatic carbocycles. The van der Waals surface area contributed by atoms with Crippen LogP contribution in [0.3, 0.4) is 0 Å². The minimum atomic E-state index is -0.355. The Bertz CT molecular complexity index is 1180. The smallest absolute Gasteiger partial charge is 0.123 e. The third-order valence-electron chi connectivity index (χ3n) is 4.75. The minimum Gasteiger partial charge on any atom is -0.249 e. The standard InChI is InChI=1S/C24H17F3N2/c1-14-13-20(27)11-12-21(14)24-23(17-5-9-19(26)10-6-17)29-22(15(2)28-24)16-3-7-18(25)8-4-16/h3-13H,1-2H3. The average molecular weight is 390 g/mol. The Labute approximate surface area is 166 Å². The van der Waals surface area contributed by atoms with Crippen molar-refractivity contribution < 1.29 is 13.2 Å².